The van der Waals surface area contributed by atoms with Crippen LogP contribution in [0.5, 0.6) is 5.75 Å². The van der Waals surface area contributed by atoms with Gasteiger partial charge >= 0.3 is 0 Å². The summed E-state index contributed by atoms with van der Waals surface area (Å²) >= 11 is 9.29. The first-order valence-corrected chi connectivity index (χ1v) is 11.8. The van der Waals surface area contributed by atoms with E-state index in [1.54, 1.807) is 11.3 Å². The number of anilines is 1. The van der Waals surface area contributed by atoms with Gasteiger partial charge in [0.05, 0.1) is 18.1 Å². The fraction of sp³-hybridized carbons (Fsp3) is 0.409. The van der Waals surface area contributed by atoms with Crippen molar-refractivity contribution in [1.82, 2.24) is 4.90 Å². The fourth-order valence-corrected chi connectivity index (χ4v) is 5.48. The lowest BCUT2D eigenvalue weighted by Gasteiger charge is -2.26. The molecule has 4 nitrogen and oxygen atoms in total. The summed E-state index contributed by atoms with van der Waals surface area (Å²) in [4.78, 5) is 4.49. The van der Waals surface area contributed by atoms with Gasteiger partial charge in [-0.1, -0.05) is 11.8 Å². The van der Waals surface area contributed by atoms with Crippen molar-refractivity contribution in [2.24, 2.45) is 5.41 Å². The lowest BCUT2D eigenvalue weighted by molar-refractivity contribution is 0.207. The first-order valence-electron chi connectivity index (χ1n) is 9.58. The van der Waals surface area contributed by atoms with Crippen LogP contribution in [-0.2, 0) is 0 Å². The molecule has 2 aromatic rings. The Morgan fingerprint density at radius 1 is 1.31 bits per heavy atom. The Morgan fingerprint density at radius 2 is 2.07 bits per heavy atom. The molecule has 1 aliphatic rings. The smallest absolute Gasteiger partial charge is 0.174 e. The number of hydrogen-bond acceptors (Lipinski definition) is 5. The number of thiocarbonyl (C=S) groups is 1. The molecule has 0 saturated carbocycles. The highest BCUT2D eigenvalue weighted by Crippen LogP contribution is 2.41. The van der Waals surface area contributed by atoms with Gasteiger partial charge in [-0.2, -0.15) is 0 Å². The molecule has 3 rings (SSSR count). The Morgan fingerprint density at radius 3 is 2.76 bits per heavy atom. The number of nitrogens with zero attached hydrogens (tertiary/aromatic N) is 1. The van der Waals surface area contributed by atoms with Crippen molar-refractivity contribution in [3.8, 4) is 17.6 Å². The number of hydrogen-bond donors (Lipinski definition) is 2. The number of rotatable bonds is 5. The minimum absolute atomic E-state index is 0.0516. The second-order valence-corrected chi connectivity index (χ2v) is 9.99. The van der Waals surface area contributed by atoms with Crippen molar-refractivity contribution in [2.75, 3.05) is 30.8 Å². The monoisotopic (exact) mass is 446 g/mol. The van der Waals surface area contributed by atoms with E-state index in [-0.39, 0.29) is 17.4 Å². The highest BCUT2D eigenvalue weighted by molar-refractivity contribution is 7.99. The Hall–Kier alpha value is -1.72. The molecule has 154 valence electrons. The number of thioether (sulfide) groups is 1. The molecule has 1 atom stereocenters. The van der Waals surface area contributed by atoms with Gasteiger partial charge in [0.25, 0.3) is 0 Å². The molecular weight excluding hydrogens is 420 g/mol. The summed E-state index contributed by atoms with van der Waals surface area (Å²) in [6.07, 6.45) is 0. The molecule has 1 fully saturated rings. The molecular formula is C22H26N2O2S3. The van der Waals surface area contributed by atoms with Crippen molar-refractivity contribution >= 4 is 46.1 Å². The second kappa shape index (κ2) is 9.86. The van der Waals surface area contributed by atoms with Crippen LogP contribution in [0, 0.1) is 17.3 Å². The standard InChI is InChI=1S/C22H26N2O2S3/c1-4-26-17-7-5-16(6-8-17)23-21(27)24-13-14-28-20(24)19-10-9-18(29-19)11-12-22(2,3)15-25/h5-10,20,25H,4,13-15H2,1-3H3,(H,23,27)/t20-/m1/s1. The molecule has 0 radical (unpaired) electrons. The van der Waals surface area contributed by atoms with Crippen LogP contribution < -0.4 is 10.1 Å². The van der Waals surface area contributed by atoms with Crippen LogP contribution >= 0.6 is 35.3 Å². The van der Waals surface area contributed by atoms with Gasteiger partial charge in [0.15, 0.2) is 5.11 Å². The van der Waals surface area contributed by atoms with Crippen LogP contribution in [0.15, 0.2) is 36.4 Å². The number of ether oxygens (including phenoxy) is 1. The van der Waals surface area contributed by atoms with Crippen LogP contribution in [0.3, 0.4) is 0 Å². The molecule has 1 saturated heterocycles. The van der Waals surface area contributed by atoms with Gasteiger partial charge < -0.3 is 20.1 Å². The van der Waals surface area contributed by atoms with Gasteiger partial charge in [-0.25, -0.2) is 0 Å². The van der Waals surface area contributed by atoms with Crippen molar-refractivity contribution < 1.29 is 9.84 Å². The third kappa shape index (κ3) is 5.89. The normalized spacial score (nSPS) is 16.3. The van der Waals surface area contributed by atoms with E-state index >= 15 is 0 Å². The highest BCUT2D eigenvalue weighted by atomic mass is 32.2. The van der Waals surface area contributed by atoms with Crippen LogP contribution in [0.2, 0.25) is 0 Å². The van der Waals surface area contributed by atoms with Crippen molar-refractivity contribution in [1.29, 1.82) is 0 Å². The van der Waals surface area contributed by atoms with E-state index in [2.05, 4.69) is 34.2 Å². The van der Waals surface area contributed by atoms with E-state index in [1.165, 1.54) is 4.88 Å². The molecule has 1 aliphatic heterocycles. The van der Waals surface area contributed by atoms with Crippen molar-refractivity contribution in [3.05, 3.63) is 46.2 Å². The summed E-state index contributed by atoms with van der Waals surface area (Å²) in [6.45, 7) is 7.47. The predicted molar refractivity (Wildman–Crippen MR) is 128 cm³/mol. The molecule has 29 heavy (non-hydrogen) atoms. The lowest BCUT2D eigenvalue weighted by Crippen LogP contribution is -2.33. The molecule has 1 aromatic heterocycles. The van der Waals surface area contributed by atoms with Crippen molar-refractivity contribution in [2.45, 2.75) is 26.1 Å². The third-order valence-electron chi connectivity index (χ3n) is 4.36. The lowest BCUT2D eigenvalue weighted by atomic mass is 9.96. The minimum atomic E-state index is -0.387. The summed E-state index contributed by atoms with van der Waals surface area (Å²) in [6, 6.07) is 12.1. The first kappa shape index (κ1) is 22.0. The molecule has 1 aromatic carbocycles. The third-order valence-corrected chi connectivity index (χ3v) is 7.14. The Kier molecular flexibility index (Phi) is 7.47. The van der Waals surface area contributed by atoms with Crippen molar-refractivity contribution in [3.63, 3.8) is 0 Å². The maximum Gasteiger partial charge on any atom is 0.174 e. The molecule has 0 spiro atoms. The van der Waals surface area contributed by atoms with Gasteiger partial charge in [-0.15, -0.1) is 23.1 Å². The zero-order valence-electron chi connectivity index (χ0n) is 16.9. The number of benzene rings is 1. The number of nitrogens with one attached hydrogen (secondary N) is 1. The summed E-state index contributed by atoms with van der Waals surface area (Å²) in [5, 5.41) is 13.6. The predicted octanol–water partition coefficient (Wildman–Crippen LogP) is 4.96. The SMILES string of the molecule is CCOc1ccc(NC(=S)N2CCS[C@@H]2c2ccc(C#CC(C)(C)CO)s2)cc1. The molecule has 0 bridgehead atoms. The van der Waals surface area contributed by atoms with Gasteiger partial charge in [0.2, 0.25) is 0 Å². The maximum atomic E-state index is 9.37. The molecule has 0 aliphatic carbocycles. The van der Waals surface area contributed by atoms with Gasteiger partial charge in [0, 0.05) is 28.3 Å². The van der Waals surface area contributed by atoms with E-state index in [4.69, 9.17) is 17.0 Å². The van der Waals surface area contributed by atoms with Gasteiger partial charge in [0.1, 0.15) is 11.1 Å². The summed E-state index contributed by atoms with van der Waals surface area (Å²) in [5.74, 6) is 8.24. The molecule has 2 N–H and O–H groups in total. The van der Waals surface area contributed by atoms with E-state index < -0.39 is 0 Å². The second-order valence-electron chi connectivity index (χ2n) is 7.30. The highest BCUT2D eigenvalue weighted by Gasteiger charge is 2.30. The molecule has 7 heteroatoms. The Bertz CT molecular complexity index is 897. The Balaban J connectivity index is 1.67. The van der Waals surface area contributed by atoms with Gasteiger partial charge in [-0.3, -0.25) is 0 Å². The fourth-order valence-electron chi connectivity index (χ4n) is 2.73. The quantitative estimate of drug-likeness (QED) is 0.500. The zero-order valence-corrected chi connectivity index (χ0v) is 19.3. The van der Waals surface area contributed by atoms with E-state index in [0.717, 1.165) is 33.7 Å². The largest absolute Gasteiger partial charge is 0.494 e. The average molecular weight is 447 g/mol. The minimum Gasteiger partial charge on any atom is -0.494 e. The number of aliphatic hydroxyl groups excluding tert-OH is 1. The summed E-state index contributed by atoms with van der Waals surface area (Å²) in [5.41, 5.74) is 0.569. The molecule has 2 heterocycles. The van der Waals surface area contributed by atoms with Crippen LogP contribution in [-0.4, -0.2) is 40.6 Å². The summed E-state index contributed by atoms with van der Waals surface area (Å²) in [7, 11) is 0. The Labute approximate surface area is 186 Å². The summed E-state index contributed by atoms with van der Waals surface area (Å²) < 4.78 is 5.49. The average Bonchev–Trinajstić information content (AvgIpc) is 3.37. The van der Waals surface area contributed by atoms with Crippen LogP contribution in [0.1, 0.15) is 35.9 Å². The number of thiophene rings is 1. The topological polar surface area (TPSA) is 44.7 Å². The van der Waals surface area contributed by atoms with E-state index in [0.29, 0.717) is 6.61 Å². The van der Waals surface area contributed by atoms with E-state index in [9.17, 15) is 5.11 Å². The molecule has 0 unspecified atom stereocenters. The van der Waals surface area contributed by atoms with E-state index in [1.807, 2.05) is 56.8 Å². The number of aliphatic hydroxyl groups is 1. The maximum absolute atomic E-state index is 9.37. The zero-order chi connectivity index (χ0) is 20.9. The van der Waals surface area contributed by atoms with Crippen LogP contribution in [0.4, 0.5) is 5.69 Å². The van der Waals surface area contributed by atoms with Crippen LogP contribution in [0.25, 0.3) is 0 Å². The first-order chi connectivity index (χ1) is 13.9. The van der Waals surface area contributed by atoms with Gasteiger partial charge in [-0.05, 0) is 69.4 Å². The molecule has 0 amide bonds.